The molecule has 0 bridgehead atoms. The Morgan fingerprint density at radius 3 is 2.64 bits per heavy atom. The number of carbonyl (C=O) groups is 1. The van der Waals surface area contributed by atoms with Gasteiger partial charge in [-0.2, -0.15) is 0 Å². The monoisotopic (exact) mass is 361 g/mol. The number of hydrogen-bond acceptors (Lipinski definition) is 5. The summed E-state index contributed by atoms with van der Waals surface area (Å²) in [6.07, 6.45) is 4.48. The zero-order valence-electron chi connectivity index (χ0n) is 13.9. The first-order valence-corrected chi connectivity index (χ1v) is 9.02. The summed E-state index contributed by atoms with van der Waals surface area (Å²) in [7, 11) is 0. The smallest absolute Gasteiger partial charge is 0.249 e. The Kier molecular flexibility index (Phi) is 4.72. The summed E-state index contributed by atoms with van der Waals surface area (Å²) in [5.41, 5.74) is 0.806. The molecule has 2 aromatic rings. The van der Waals surface area contributed by atoms with Crippen LogP contribution >= 0.6 is 11.6 Å². The Balaban J connectivity index is 1.38. The SMILES string of the molecule is O=C(COCC1CC1)N(Cc1nnc(-c2ccc(Cl)cc2)o1)C1CC1. The van der Waals surface area contributed by atoms with E-state index >= 15 is 0 Å². The molecule has 0 N–H and O–H groups in total. The Morgan fingerprint density at radius 1 is 1.20 bits per heavy atom. The molecule has 1 amide bonds. The van der Waals surface area contributed by atoms with Gasteiger partial charge in [0.1, 0.15) is 6.61 Å². The summed E-state index contributed by atoms with van der Waals surface area (Å²) in [4.78, 5) is 14.2. The van der Waals surface area contributed by atoms with Crippen molar-refractivity contribution >= 4 is 17.5 Å². The Hall–Kier alpha value is -1.92. The lowest BCUT2D eigenvalue weighted by Gasteiger charge is -2.20. The van der Waals surface area contributed by atoms with Crippen LogP contribution in [-0.4, -0.2) is 40.3 Å². The van der Waals surface area contributed by atoms with Crippen molar-refractivity contribution < 1.29 is 13.9 Å². The first-order chi connectivity index (χ1) is 12.2. The fourth-order valence-electron chi connectivity index (χ4n) is 2.66. The average Bonchev–Trinajstić information content (AvgIpc) is 3.53. The highest BCUT2D eigenvalue weighted by molar-refractivity contribution is 6.30. The molecule has 6 nitrogen and oxygen atoms in total. The lowest BCUT2D eigenvalue weighted by Crippen LogP contribution is -2.35. The molecule has 0 saturated heterocycles. The van der Waals surface area contributed by atoms with Crippen LogP contribution in [-0.2, 0) is 16.1 Å². The van der Waals surface area contributed by atoms with E-state index in [0.717, 1.165) is 18.4 Å². The first kappa shape index (κ1) is 16.5. The second kappa shape index (κ2) is 7.14. The van der Waals surface area contributed by atoms with Gasteiger partial charge >= 0.3 is 0 Å². The predicted molar refractivity (Wildman–Crippen MR) is 91.9 cm³/mol. The molecular formula is C18H20ClN3O3. The molecule has 1 heterocycles. The number of halogens is 1. The molecule has 2 aliphatic carbocycles. The second-order valence-corrected chi connectivity index (χ2v) is 7.16. The van der Waals surface area contributed by atoms with Crippen LogP contribution in [0.4, 0.5) is 0 Å². The van der Waals surface area contributed by atoms with Crippen molar-refractivity contribution in [2.24, 2.45) is 5.92 Å². The highest BCUT2D eigenvalue weighted by atomic mass is 35.5. The van der Waals surface area contributed by atoms with E-state index in [1.807, 2.05) is 12.1 Å². The van der Waals surface area contributed by atoms with Crippen LogP contribution in [0.5, 0.6) is 0 Å². The number of aromatic nitrogens is 2. The van der Waals surface area contributed by atoms with Gasteiger partial charge in [-0.1, -0.05) is 11.6 Å². The fourth-order valence-corrected chi connectivity index (χ4v) is 2.79. The van der Waals surface area contributed by atoms with Crippen LogP contribution in [0.3, 0.4) is 0 Å². The van der Waals surface area contributed by atoms with E-state index in [9.17, 15) is 4.79 Å². The molecule has 0 atom stereocenters. The van der Waals surface area contributed by atoms with Crippen molar-refractivity contribution in [2.75, 3.05) is 13.2 Å². The van der Waals surface area contributed by atoms with Crippen molar-refractivity contribution in [3.8, 4) is 11.5 Å². The van der Waals surface area contributed by atoms with Crippen molar-refractivity contribution in [1.29, 1.82) is 0 Å². The van der Waals surface area contributed by atoms with E-state index in [-0.39, 0.29) is 18.6 Å². The van der Waals surface area contributed by atoms with Crippen molar-refractivity contribution in [3.05, 3.63) is 35.2 Å². The minimum Gasteiger partial charge on any atom is -0.419 e. The number of nitrogens with zero attached hydrogens (tertiary/aromatic N) is 3. The van der Waals surface area contributed by atoms with Gasteiger partial charge in [-0.05, 0) is 55.9 Å². The van der Waals surface area contributed by atoms with Crippen molar-refractivity contribution in [3.63, 3.8) is 0 Å². The summed E-state index contributed by atoms with van der Waals surface area (Å²) in [5.74, 6) is 1.52. The van der Waals surface area contributed by atoms with Gasteiger partial charge in [-0.15, -0.1) is 10.2 Å². The third kappa shape index (κ3) is 4.38. The lowest BCUT2D eigenvalue weighted by molar-refractivity contribution is -0.137. The zero-order chi connectivity index (χ0) is 17.2. The van der Waals surface area contributed by atoms with Gasteiger partial charge in [0.05, 0.1) is 13.2 Å². The average molecular weight is 362 g/mol. The van der Waals surface area contributed by atoms with E-state index < -0.39 is 0 Å². The molecule has 2 fully saturated rings. The highest BCUT2D eigenvalue weighted by Crippen LogP contribution is 2.30. The van der Waals surface area contributed by atoms with Gasteiger partial charge in [0.15, 0.2) is 0 Å². The standard InChI is InChI=1S/C18H20ClN3O3/c19-14-5-3-13(4-6-14)18-21-20-16(25-18)9-22(15-7-8-15)17(23)11-24-10-12-1-2-12/h3-6,12,15H,1-2,7-11H2. The Labute approximate surface area is 151 Å². The van der Waals surface area contributed by atoms with E-state index in [1.165, 1.54) is 12.8 Å². The molecule has 132 valence electrons. The first-order valence-electron chi connectivity index (χ1n) is 8.64. The third-order valence-electron chi connectivity index (χ3n) is 4.45. The summed E-state index contributed by atoms with van der Waals surface area (Å²) < 4.78 is 11.3. The van der Waals surface area contributed by atoms with Gasteiger partial charge < -0.3 is 14.1 Å². The maximum Gasteiger partial charge on any atom is 0.249 e. The molecular weight excluding hydrogens is 342 g/mol. The minimum atomic E-state index is -0.00519. The molecule has 0 radical (unpaired) electrons. The number of amides is 1. The number of rotatable bonds is 8. The zero-order valence-corrected chi connectivity index (χ0v) is 14.6. The summed E-state index contributed by atoms with van der Waals surface area (Å²) in [5, 5.41) is 8.81. The van der Waals surface area contributed by atoms with Crippen LogP contribution in [0, 0.1) is 5.92 Å². The molecule has 7 heteroatoms. The van der Waals surface area contributed by atoms with Crippen LogP contribution in [0.2, 0.25) is 5.02 Å². The van der Waals surface area contributed by atoms with E-state index in [0.29, 0.717) is 35.9 Å². The van der Waals surface area contributed by atoms with Crippen LogP contribution in [0.25, 0.3) is 11.5 Å². The second-order valence-electron chi connectivity index (χ2n) is 6.72. The fraction of sp³-hybridized carbons (Fsp3) is 0.500. The minimum absolute atomic E-state index is 0.00519. The number of hydrogen-bond donors (Lipinski definition) is 0. The molecule has 1 aromatic carbocycles. The topological polar surface area (TPSA) is 68.5 Å². The predicted octanol–water partition coefficient (Wildman–Crippen LogP) is 3.31. The van der Waals surface area contributed by atoms with E-state index in [2.05, 4.69) is 10.2 Å². The molecule has 4 rings (SSSR count). The van der Waals surface area contributed by atoms with Gasteiger partial charge in [0.25, 0.3) is 0 Å². The van der Waals surface area contributed by atoms with Crippen LogP contribution in [0.15, 0.2) is 28.7 Å². The van der Waals surface area contributed by atoms with Gasteiger partial charge in [0.2, 0.25) is 17.7 Å². The molecule has 2 aliphatic rings. The quantitative estimate of drug-likeness (QED) is 0.721. The molecule has 0 aliphatic heterocycles. The third-order valence-corrected chi connectivity index (χ3v) is 4.70. The van der Waals surface area contributed by atoms with E-state index in [1.54, 1.807) is 17.0 Å². The van der Waals surface area contributed by atoms with Crippen molar-refractivity contribution in [2.45, 2.75) is 38.3 Å². The Bertz CT molecular complexity index is 738. The largest absolute Gasteiger partial charge is 0.419 e. The number of carbonyl (C=O) groups excluding carboxylic acids is 1. The normalized spacial score (nSPS) is 16.8. The maximum atomic E-state index is 12.4. The lowest BCUT2D eigenvalue weighted by atomic mass is 10.2. The summed E-state index contributed by atoms with van der Waals surface area (Å²) >= 11 is 5.89. The molecule has 25 heavy (non-hydrogen) atoms. The van der Waals surface area contributed by atoms with Crippen molar-refractivity contribution in [1.82, 2.24) is 15.1 Å². The van der Waals surface area contributed by atoms with Crippen LogP contribution in [0.1, 0.15) is 31.6 Å². The number of benzene rings is 1. The maximum absolute atomic E-state index is 12.4. The highest BCUT2D eigenvalue weighted by Gasteiger charge is 2.34. The molecule has 0 spiro atoms. The van der Waals surface area contributed by atoms with Gasteiger partial charge in [-0.3, -0.25) is 4.79 Å². The van der Waals surface area contributed by atoms with Gasteiger partial charge in [0, 0.05) is 16.6 Å². The van der Waals surface area contributed by atoms with Crippen LogP contribution < -0.4 is 0 Å². The molecule has 2 saturated carbocycles. The Morgan fingerprint density at radius 2 is 1.96 bits per heavy atom. The van der Waals surface area contributed by atoms with Gasteiger partial charge in [-0.25, -0.2) is 0 Å². The molecule has 1 aromatic heterocycles. The van der Waals surface area contributed by atoms with E-state index in [4.69, 9.17) is 20.8 Å². The summed E-state index contributed by atoms with van der Waals surface area (Å²) in [6.45, 7) is 1.15. The molecule has 0 unspecified atom stereocenters. The number of ether oxygens (including phenoxy) is 1. The summed E-state index contributed by atoms with van der Waals surface area (Å²) in [6, 6.07) is 7.48.